The maximum absolute atomic E-state index is 12.6. The van der Waals surface area contributed by atoms with E-state index in [1.807, 2.05) is 16.7 Å². The standard InChI is InChI=1S/C17H18N2O3S/c1-22-15-5-3-14(4-6-15)19-12-13(2-7-16(19)20)17(21)18-8-10-23-11-9-18/h2-7,12H,8-11H2,1H3. The van der Waals surface area contributed by atoms with Crippen LogP contribution in [0.1, 0.15) is 10.4 Å². The Kier molecular flexibility index (Phi) is 4.71. The zero-order chi connectivity index (χ0) is 16.2. The van der Waals surface area contributed by atoms with Gasteiger partial charge in [0.15, 0.2) is 0 Å². The molecule has 1 saturated heterocycles. The van der Waals surface area contributed by atoms with Crippen LogP contribution in [0, 0.1) is 0 Å². The predicted octanol–water partition coefficient (Wildman–Crippen LogP) is 2.04. The Morgan fingerprint density at radius 2 is 1.78 bits per heavy atom. The Bertz CT molecular complexity index is 749. The first kappa shape index (κ1) is 15.7. The molecular weight excluding hydrogens is 312 g/mol. The number of methoxy groups -OCH3 is 1. The summed E-state index contributed by atoms with van der Waals surface area (Å²) in [6.45, 7) is 1.51. The van der Waals surface area contributed by atoms with E-state index >= 15 is 0 Å². The van der Waals surface area contributed by atoms with Crippen molar-refractivity contribution < 1.29 is 9.53 Å². The third kappa shape index (κ3) is 3.42. The zero-order valence-corrected chi connectivity index (χ0v) is 13.7. The van der Waals surface area contributed by atoms with Crippen LogP contribution < -0.4 is 10.3 Å². The molecule has 0 aliphatic carbocycles. The Hall–Kier alpha value is -2.21. The predicted molar refractivity (Wildman–Crippen MR) is 91.8 cm³/mol. The third-order valence-corrected chi connectivity index (χ3v) is 4.75. The lowest BCUT2D eigenvalue weighted by atomic mass is 10.2. The van der Waals surface area contributed by atoms with Crippen molar-refractivity contribution in [2.45, 2.75) is 0 Å². The minimum absolute atomic E-state index is 0.0208. The molecule has 120 valence electrons. The fourth-order valence-electron chi connectivity index (χ4n) is 2.51. The molecule has 1 fully saturated rings. The molecule has 2 heterocycles. The molecule has 1 aliphatic rings. The summed E-state index contributed by atoms with van der Waals surface area (Å²) < 4.78 is 6.62. The Morgan fingerprint density at radius 3 is 2.43 bits per heavy atom. The van der Waals surface area contributed by atoms with Gasteiger partial charge in [0.1, 0.15) is 5.75 Å². The minimum Gasteiger partial charge on any atom is -0.497 e. The number of hydrogen-bond donors (Lipinski definition) is 0. The van der Waals surface area contributed by atoms with E-state index in [2.05, 4.69) is 0 Å². The van der Waals surface area contributed by atoms with Gasteiger partial charge in [-0.15, -0.1) is 0 Å². The fourth-order valence-corrected chi connectivity index (χ4v) is 3.41. The van der Waals surface area contributed by atoms with Gasteiger partial charge in [0.25, 0.3) is 11.5 Å². The van der Waals surface area contributed by atoms with E-state index in [4.69, 9.17) is 4.74 Å². The van der Waals surface area contributed by atoms with Gasteiger partial charge in [-0.05, 0) is 30.3 Å². The highest BCUT2D eigenvalue weighted by atomic mass is 32.2. The minimum atomic E-state index is -0.166. The average Bonchev–Trinajstić information content (AvgIpc) is 2.62. The molecule has 0 saturated carbocycles. The van der Waals surface area contributed by atoms with Gasteiger partial charge in [-0.2, -0.15) is 11.8 Å². The second-order valence-corrected chi connectivity index (χ2v) is 6.45. The van der Waals surface area contributed by atoms with Crippen molar-refractivity contribution in [3.05, 3.63) is 58.5 Å². The lowest BCUT2D eigenvalue weighted by molar-refractivity contribution is 0.0771. The highest BCUT2D eigenvalue weighted by Crippen LogP contribution is 2.16. The van der Waals surface area contributed by atoms with Gasteiger partial charge >= 0.3 is 0 Å². The van der Waals surface area contributed by atoms with E-state index in [9.17, 15) is 9.59 Å². The number of aromatic nitrogens is 1. The van der Waals surface area contributed by atoms with Crippen molar-refractivity contribution in [2.75, 3.05) is 31.7 Å². The number of carbonyl (C=O) groups is 1. The van der Waals surface area contributed by atoms with Gasteiger partial charge in [-0.1, -0.05) is 0 Å². The van der Waals surface area contributed by atoms with Crippen molar-refractivity contribution in [1.29, 1.82) is 0 Å². The normalized spacial score (nSPS) is 14.6. The first-order chi connectivity index (χ1) is 11.2. The van der Waals surface area contributed by atoms with Crippen LogP contribution in [0.25, 0.3) is 5.69 Å². The summed E-state index contributed by atoms with van der Waals surface area (Å²) in [6.07, 6.45) is 1.62. The monoisotopic (exact) mass is 330 g/mol. The number of rotatable bonds is 3. The summed E-state index contributed by atoms with van der Waals surface area (Å²) in [5.74, 6) is 2.63. The summed E-state index contributed by atoms with van der Waals surface area (Å²) in [6, 6.07) is 10.2. The van der Waals surface area contributed by atoms with E-state index in [-0.39, 0.29) is 11.5 Å². The summed E-state index contributed by atoms with van der Waals surface area (Å²) in [7, 11) is 1.59. The Morgan fingerprint density at radius 1 is 1.09 bits per heavy atom. The highest BCUT2D eigenvalue weighted by molar-refractivity contribution is 7.99. The van der Waals surface area contributed by atoms with Crippen LogP contribution in [0.3, 0.4) is 0 Å². The maximum atomic E-state index is 12.6. The van der Waals surface area contributed by atoms with E-state index < -0.39 is 0 Å². The number of nitrogens with zero attached hydrogens (tertiary/aromatic N) is 2. The topological polar surface area (TPSA) is 51.5 Å². The lowest BCUT2D eigenvalue weighted by Gasteiger charge is -2.26. The van der Waals surface area contributed by atoms with E-state index in [0.29, 0.717) is 11.3 Å². The van der Waals surface area contributed by atoms with Crippen LogP contribution in [-0.2, 0) is 0 Å². The highest BCUT2D eigenvalue weighted by Gasteiger charge is 2.19. The quantitative estimate of drug-likeness (QED) is 0.864. The molecule has 6 heteroatoms. The van der Waals surface area contributed by atoms with Gasteiger partial charge in [-0.25, -0.2) is 0 Å². The van der Waals surface area contributed by atoms with Crippen molar-refractivity contribution >= 4 is 17.7 Å². The first-order valence-corrected chi connectivity index (χ1v) is 8.58. The van der Waals surface area contributed by atoms with Gasteiger partial charge in [-0.3, -0.25) is 14.2 Å². The smallest absolute Gasteiger partial charge is 0.255 e. The second-order valence-electron chi connectivity index (χ2n) is 5.23. The maximum Gasteiger partial charge on any atom is 0.255 e. The molecular formula is C17H18N2O3S. The molecule has 0 radical (unpaired) electrons. The van der Waals surface area contributed by atoms with E-state index in [1.54, 1.807) is 43.6 Å². The molecule has 1 aliphatic heterocycles. The van der Waals surface area contributed by atoms with Crippen LogP contribution in [0.5, 0.6) is 5.75 Å². The summed E-state index contributed by atoms with van der Waals surface area (Å²) in [5.41, 5.74) is 1.08. The number of thioether (sulfide) groups is 1. The molecule has 5 nitrogen and oxygen atoms in total. The molecule has 1 aromatic carbocycles. The summed E-state index contributed by atoms with van der Waals surface area (Å²) in [4.78, 5) is 26.5. The lowest BCUT2D eigenvalue weighted by Crippen LogP contribution is -2.38. The Labute approximate surface area is 138 Å². The number of benzene rings is 1. The molecule has 3 rings (SSSR count). The Balaban J connectivity index is 1.91. The molecule has 0 spiro atoms. The SMILES string of the molecule is COc1ccc(-n2cc(C(=O)N3CCSCC3)ccc2=O)cc1. The fraction of sp³-hybridized carbons (Fsp3) is 0.294. The van der Waals surface area contributed by atoms with E-state index in [1.165, 1.54) is 10.6 Å². The zero-order valence-electron chi connectivity index (χ0n) is 12.9. The van der Waals surface area contributed by atoms with Crippen LogP contribution in [0.2, 0.25) is 0 Å². The number of hydrogen-bond acceptors (Lipinski definition) is 4. The van der Waals surface area contributed by atoms with E-state index in [0.717, 1.165) is 30.3 Å². The first-order valence-electron chi connectivity index (χ1n) is 7.43. The molecule has 1 amide bonds. The molecule has 23 heavy (non-hydrogen) atoms. The van der Waals surface area contributed by atoms with Crippen LogP contribution in [-0.4, -0.2) is 47.1 Å². The van der Waals surface area contributed by atoms with Crippen LogP contribution >= 0.6 is 11.8 Å². The summed E-state index contributed by atoms with van der Waals surface area (Å²) >= 11 is 1.86. The van der Waals surface area contributed by atoms with Crippen molar-refractivity contribution in [3.63, 3.8) is 0 Å². The van der Waals surface area contributed by atoms with Crippen LogP contribution in [0.15, 0.2) is 47.4 Å². The number of ether oxygens (including phenoxy) is 1. The molecule has 0 atom stereocenters. The van der Waals surface area contributed by atoms with Crippen LogP contribution in [0.4, 0.5) is 0 Å². The van der Waals surface area contributed by atoms with Crippen molar-refractivity contribution in [2.24, 2.45) is 0 Å². The van der Waals surface area contributed by atoms with Gasteiger partial charge in [0.2, 0.25) is 0 Å². The average molecular weight is 330 g/mol. The molecule has 2 aromatic rings. The largest absolute Gasteiger partial charge is 0.497 e. The molecule has 0 unspecified atom stereocenters. The molecule has 0 bridgehead atoms. The number of amides is 1. The second kappa shape index (κ2) is 6.91. The van der Waals surface area contributed by atoms with Crippen molar-refractivity contribution in [3.8, 4) is 11.4 Å². The van der Waals surface area contributed by atoms with Gasteiger partial charge < -0.3 is 9.64 Å². The molecule has 0 N–H and O–H groups in total. The summed E-state index contributed by atoms with van der Waals surface area (Å²) in [5, 5.41) is 0. The molecule has 1 aromatic heterocycles. The van der Waals surface area contributed by atoms with Gasteiger partial charge in [0, 0.05) is 42.5 Å². The number of pyridine rings is 1. The third-order valence-electron chi connectivity index (χ3n) is 3.81. The van der Waals surface area contributed by atoms with Crippen molar-refractivity contribution in [1.82, 2.24) is 9.47 Å². The van der Waals surface area contributed by atoms with Gasteiger partial charge in [0.05, 0.1) is 12.7 Å². The number of carbonyl (C=O) groups excluding carboxylic acids is 1.